The van der Waals surface area contributed by atoms with E-state index in [0.717, 1.165) is 6.07 Å². The van der Waals surface area contributed by atoms with Crippen molar-refractivity contribution < 1.29 is 24.7 Å². The number of aliphatic carboxylic acids is 1. The normalized spacial score (nSPS) is 11.8. The smallest absolute Gasteiger partial charge is 0.337 e. The van der Waals surface area contributed by atoms with Crippen LogP contribution in [0.1, 0.15) is 23.7 Å². The molecule has 0 aliphatic rings. The quantitative estimate of drug-likeness (QED) is 0.440. The van der Waals surface area contributed by atoms with Gasteiger partial charge in [-0.05, 0) is 12.0 Å². The summed E-state index contributed by atoms with van der Waals surface area (Å²) in [4.78, 5) is 31.0. The first-order chi connectivity index (χ1) is 8.47. The largest absolute Gasteiger partial charge is 0.479 e. The van der Waals surface area contributed by atoms with Crippen LogP contribution >= 0.6 is 0 Å². The van der Waals surface area contributed by atoms with Crippen LogP contribution in [0.15, 0.2) is 18.2 Å². The Balaban J connectivity index is 3.14. The van der Waals surface area contributed by atoms with Crippen LogP contribution in [-0.4, -0.2) is 27.4 Å². The van der Waals surface area contributed by atoms with Crippen molar-refractivity contribution in [1.29, 1.82) is 0 Å². The number of nitrogens with zero attached hydrogens (tertiary/aromatic N) is 1. The van der Waals surface area contributed by atoms with E-state index in [1.54, 1.807) is 0 Å². The van der Waals surface area contributed by atoms with E-state index in [0.29, 0.717) is 11.8 Å². The Morgan fingerprint density at radius 1 is 1.50 bits per heavy atom. The molecule has 7 nitrogen and oxygen atoms in total. The average molecular weight is 253 g/mol. The molecule has 1 aromatic carbocycles. The van der Waals surface area contributed by atoms with Crippen LogP contribution in [0.4, 0.5) is 5.69 Å². The summed E-state index contributed by atoms with van der Waals surface area (Å²) in [7, 11) is 0. The predicted molar refractivity (Wildman–Crippen MR) is 60.1 cm³/mol. The second-order valence-corrected chi connectivity index (χ2v) is 3.59. The monoisotopic (exact) mass is 253 g/mol. The van der Waals surface area contributed by atoms with Crippen LogP contribution < -0.4 is 0 Å². The number of aliphatic hydroxyl groups is 1. The number of nitro groups is 1. The molecule has 18 heavy (non-hydrogen) atoms. The number of carboxylic acids is 1. The molecule has 0 spiro atoms. The predicted octanol–water partition coefficient (Wildman–Crippen LogP) is 0.844. The topological polar surface area (TPSA) is 118 Å². The van der Waals surface area contributed by atoms with Gasteiger partial charge in [0, 0.05) is 18.1 Å². The van der Waals surface area contributed by atoms with Gasteiger partial charge in [-0.2, -0.15) is 0 Å². The van der Waals surface area contributed by atoms with E-state index in [-0.39, 0.29) is 24.1 Å². The molecule has 0 saturated heterocycles. The van der Waals surface area contributed by atoms with Gasteiger partial charge in [0.15, 0.2) is 6.10 Å². The fraction of sp³-hybridized carbons (Fsp3) is 0.273. The third-order valence-corrected chi connectivity index (χ3v) is 2.39. The molecule has 0 bridgehead atoms. The van der Waals surface area contributed by atoms with Gasteiger partial charge < -0.3 is 15.0 Å². The minimum absolute atomic E-state index is 0.0657. The van der Waals surface area contributed by atoms with Crippen LogP contribution in [0.5, 0.6) is 0 Å². The lowest BCUT2D eigenvalue weighted by molar-refractivity contribution is -0.385. The molecule has 0 saturated carbocycles. The van der Waals surface area contributed by atoms with E-state index < -0.39 is 17.0 Å². The van der Waals surface area contributed by atoms with E-state index in [1.165, 1.54) is 12.1 Å². The number of aliphatic hydroxyl groups excluding tert-OH is 1. The Bertz CT molecular complexity index is 484. The molecule has 7 heteroatoms. The first-order valence-electron chi connectivity index (χ1n) is 5.09. The number of aryl methyl sites for hydroxylation is 1. The van der Waals surface area contributed by atoms with Crippen molar-refractivity contribution in [2.45, 2.75) is 18.9 Å². The van der Waals surface area contributed by atoms with Gasteiger partial charge in [-0.25, -0.2) is 4.79 Å². The van der Waals surface area contributed by atoms with Crippen molar-refractivity contribution in [2.75, 3.05) is 0 Å². The van der Waals surface area contributed by atoms with Crippen molar-refractivity contribution in [1.82, 2.24) is 0 Å². The van der Waals surface area contributed by atoms with Gasteiger partial charge in [0.05, 0.1) is 4.92 Å². The fourth-order valence-corrected chi connectivity index (χ4v) is 1.49. The maximum absolute atomic E-state index is 10.8. The minimum Gasteiger partial charge on any atom is -0.479 e. The van der Waals surface area contributed by atoms with E-state index >= 15 is 0 Å². The third-order valence-electron chi connectivity index (χ3n) is 2.39. The van der Waals surface area contributed by atoms with E-state index in [2.05, 4.69) is 0 Å². The van der Waals surface area contributed by atoms with Crippen LogP contribution in [0.3, 0.4) is 0 Å². The van der Waals surface area contributed by atoms with Gasteiger partial charge in [0.1, 0.15) is 6.29 Å². The zero-order chi connectivity index (χ0) is 13.7. The highest BCUT2D eigenvalue weighted by Gasteiger charge is 2.21. The highest BCUT2D eigenvalue weighted by atomic mass is 16.6. The number of hydrogen-bond donors (Lipinski definition) is 2. The summed E-state index contributed by atoms with van der Waals surface area (Å²) >= 11 is 0. The summed E-state index contributed by atoms with van der Waals surface area (Å²) in [6.07, 6.45) is -0.821. The van der Waals surface area contributed by atoms with Gasteiger partial charge in [-0.3, -0.25) is 10.1 Å². The molecule has 0 fully saturated rings. The van der Waals surface area contributed by atoms with E-state index in [9.17, 15) is 24.8 Å². The molecule has 0 aromatic heterocycles. The Hall–Kier alpha value is -2.28. The summed E-state index contributed by atoms with van der Waals surface area (Å²) in [6.45, 7) is 0. The maximum Gasteiger partial charge on any atom is 0.337 e. The molecule has 0 aliphatic heterocycles. The number of carbonyl (C=O) groups excluding carboxylic acids is 1. The van der Waals surface area contributed by atoms with Crippen LogP contribution in [0.2, 0.25) is 0 Å². The molecular formula is C11H11NO6. The fourth-order valence-electron chi connectivity index (χ4n) is 1.49. The second kappa shape index (κ2) is 5.87. The summed E-state index contributed by atoms with van der Waals surface area (Å²) in [5, 5.41) is 28.7. The van der Waals surface area contributed by atoms with Crippen LogP contribution in [-0.2, 0) is 16.0 Å². The molecule has 2 N–H and O–H groups in total. The van der Waals surface area contributed by atoms with Crippen LogP contribution in [0, 0.1) is 10.1 Å². The lowest BCUT2D eigenvalue weighted by Crippen LogP contribution is -2.11. The standard InChI is InChI=1S/C11H11NO6/c13-5-1-2-7-3-4-8(10(14)11(15)16)6-9(7)12(17)18/h3-6,10,14H,1-2H2,(H,15,16). The van der Waals surface area contributed by atoms with Crippen molar-refractivity contribution in [3.63, 3.8) is 0 Å². The molecule has 96 valence electrons. The van der Waals surface area contributed by atoms with Crippen molar-refractivity contribution in [2.24, 2.45) is 0 Å². The van der Waals surface area contributed by atoms with Gasteiger partial charge in [0.25, 0.3) is 5.69 Å². The number of carbonyl (C=O) groups is 2. The number of carboxylic acid groups (broad SMARTS) is 1. The van der Waals surface area contributed by atoms with Gasteiger partial charge in [-0.15, -0.1) is 0 Å². The summed E-state index contributed by atoms with van der Waals surface area (Å²) in [6, 6.07) is 3.66. The Morgan fingerprint density at radius 3 is 2.67 bits per heavy atom. The number of benzene rings is 1. The number of rotatable bonds is 6. The van der Waals surface area contributed by atoms with E-state index in [4.69, 9.17) is 5.11 Å². The van der Waals surface area contributed by atoms with E-state index in [1.807, 2.05) is 0 Å². The molecule has 1 rings (SSSR count). The first kappa shape index (κ1) is 13.8. The molecular weight excluding hydrogens is 242 g/mol. The second-order valence-electron chi connectivity index (χ2n) is 3.59. The molecule has 0 amide bonds. The SMILES string of the molecule is O=CCCc1ccc(C(O)C(=O)O)cc1[N+](=O)[O-]. The number of nitro benzene ring substituents is 1. The van der Waals surface area contributed by atoms with Gasteiger partial charge in [0.2, 0.25) is 0 Å². The van der Waals surface area contributed by atoms with Crippen molar-refractivity contribution >= 4 is 17.9 Å². The molecule has 1 unspecified atom stereocenters. The van der Waals surface area contributed by atoms with Crippen molar-refractivity contribution in [3.05, 3.63) is 39.4 Å². The Morgan fingerprint density at radius 2 is 2.17 bits per heavy atom. The minimum atomic E-state index is -1.80. The third kappa shape index (κ3) is 3.11. The van der Waals surface area contributed by atoms with Crippen molar-refractivity contribution in [3.8, 4) is 0 Å². The summed E-state index contributed by atoms with van der Waals surface area (Å²) in [5.41, 5.74) is -0.0351. The molecule has 0 aliphatic carbocycles. The molecule has 1 atom stereocenters. The average Bonchev–Trinajstić information content (AvgIpc) is 2.34. The number of hydrogen-bond acceptors (Lipinski definition) is 5. The molecule has 1 aromatic rings. The van der Waals surface area contributed by atoms with Gasteiger partial charge >= 0.3 is 5.97 Å². The summed E-state index contributed by atoms with van der Waals surface area (Å²) < 4.78 is 0. The van der Waals surface area contributed by atoms with Crippen LogP contribution in [0.25, 0.3) is 0 Å². The zero-order valence-corrected chi connectivity index (χ0v) is 9.28. The molecule has 0 heterocycles. The summed E-state index contributed by atoms with van der Waals surface area (Å²) in [5.74, 6) is -1.48. The lowest BCUT2D eigenvalue weighted by Gasteiger charge is -2.07. The highest BCUT2D eigenvalue weighted by molar-refractivity contribution is 5.74. The van der Waals surface area contributed by atoms with Gasteiger partial charge in [-0.1, -0.05) is 12.1 Å². The Kier molecular flexibility index (Phi) is 4.50. The number of aldehydes is 1. The molecule has 0 radical (unpaired) electrons. The first-order valence-corrected chi connectivity index (χ1v) is 5.09. The Labute approximate surface area is 102 Å². The zero-order valence-electron chi connectivity index (χ0n) is 9.28. The maximum atomic E-state index is 10.8. The lowest BCUT2D eigenvalue weighted by atomic mass is 10.0. The highest BCUT2D eigenvalue weighted by Crippen LogP contribution is 2.25.